The van der Waals surface area contributed by atoms with E-state index < -0.39 is 24.9 Å². The van der Waals surface area contributed by atoms with Crippen molar-refractivity contribution in [1.82, 2.24) is 0 Å². The molecular weight excluding hydrogens is 228 g/mol. The maximum absolute atomic E-state index is 12.4. The Hall–Kier alpha value is -1.59. The monoisotopic (exact) mass is 236 g/mol. The first-order valence-electron chi connectivity index (χ1n) is 4.34. The van der Waals surface area contributed by atoms with E-state index in [0.717, 1.165) is 0 Å². The lowest BCUT2D eigenvalue weighted by Crippen LogP contribution is -2.27. The largest absolute Gasteiger partial charge is 0.490 e. The summed E-state index contributed by atoms with van der Waals surface area (Å²) in [4.78, 5) is 10.5. The minimum absolute atomic E-state index is 0.183. The van der Waals surface area contributed by atoms with E-state index in [1.165, 1.54) is 24.3 Å². The van der Waals surface area contributed by atoms with Crippen molar-refractivity contribution in [3.8, 4) is 0 Å². The minimum Gasteiger partial charge on any atom is -0.448 e. The maximum atomic E-state index is 12.4. The van der Waals surface area contributed by atoms with Gasteiger partial charge >= 0.3 is 12.1 Å². The fourth-order valence-electron chi connectivity index (χ4n) is 1.05. The summed E-state index contributed by atoms with van der Waals surface area (Å²) < 4.78 is 52.1. The van der Waals surface area contributed by atoms with Crippen LogP contribution in [0, 0.1) is 0 Å². The van der Waals surface area contributed by atoms with Gasteiger partial charge < -0.3 is 4.74 Å². The van der Waals surface area contributed by atoms with Crippen molar-refractivity contribution >= 4 is 5.97 Å². The fraction of sp³-hybridized carbons (Fsp3) is 0.300. The number of hydrogen-bond donors (Lipinski definition) is 0. The van der Waals surface area contributed by atoms with Gasteiger partial charge in [-0.3, -0.25) is 0 Å². The summed E-state index contributed by atoms with van der Waals surface area (Å²) in [5, 5.41) is 0. The zero-order valence-corrected chi connectivity index (χ0v) is 8.00. The second-order valence-electron chi connectivity index (χ2n) is 2.96. The highest BCUT2D eigenvalue weighted by atomic mass is 19.4. The smallest absolute Gasteiger partial charge is 0.448 e. The van der Waals surface area contributed by atoms with E-state index in [4.69, 9.17) is 0 Å². The van der Waals surface area contributed by atoms with Crippen molar-refractivity contribution in [3.63, 3.8) is 0 Å². The van der Waals surface area contributed by atoms with Crippen molar-refractivity contribution in [2.24, 2.45) is 0 Å². The molecule has 0 aliphatic heterocycles. The summed E-state index contributed by atoms with van der Waals surface area (Å²) in [6, 6.07) is 7.41. The molecule has 0 spiro atoms. The molecule has 0 heterocycles. The molecule has 88 valence electrons. The zero-order chi connectivity index (χ0) is 12.2. The first-order chi connectivity index (χ1) is 7.45. The molecule has 1 rings (SSSR count). The van der Waals surface area contributed by atoms with E-state index in [1.807, 2.05) is 0 Å². The van der Waals surface area contributed by atoms with Gasteiger partial charge in [-0.15, -0.1) is 0 Å². The number of rotatable bonds is 3. The Morgan fingerprint density at radius 3 is 2.25 bits per heavy atom. The molecule has 0 aromatic heterocycles. The summed E-state index contributed by atoms with van der Waals surface area (Å²) in [5.74, 6) is -2.39. The Kier molecular flexibility index (Phi) is 3.87. The topological polar surface area (TPSA) is 26.3 Å². The lowest BCUT2D eigenvalue weighted by molar-refractivity contribution is -0.206. The van der Waals surface area contributed by atoms with Gasteiger partial charge in [-0.25, -0.2) is 9.18 Å². The van der Waals surface area contributed by atoms with E-state index in [1.54, 1.807) is 6.07 Å². The standard InChI is InChI=1S/C10H8F4O2/c11-6-8(7-4-2-1-3-5-7)16-9(15)10(12,13)14/h1-5,8H,6H2. The van der Waals surface area contributed by atoms with Gasteiger partial charge in [0.25, 0.3) is 0 Å². The van der Waals surface area contributed by atoms with Crippen LogP contribution in [0.4, 0.5) is 17.6 Å². The predicted octanol–water partition coefficient (Wildman–Crippen LogP) is 2.80. The molecule has 1 unspecified atom stereocenters. The number of hydrogen-bond acceptors (Lipinski definition) is 2. The molecular formula is C10H8F4O2. The molecule has 1 aromatic rings. The van der Waals surface area contributed by atoms with Crippen molar-refractivity contribution in [2.75, 3.05) is 6.67 Å². The molecule has 0 N–H and O–H groups in total. The second kappa shape index (κ2) is 4.96. The van der Waals surface area contributed by atoms with Crippen LogP contribution in [-0.2, 0) is 9.53 Å². The van der Waals surface area contributed by atoms with Gasteiger partial charge in [0.15, 0.2) is 6.10 Å². The van der Waals surface area contributed by atoms with Crippen molar-refractivity contribution < 1.29 is 27.1 Å². The highest BCUT2D eigenvalue weighted by molar-refractivity contribution is 5.75. The second-order valence-corrected chi connectivity index (χ2v) is 2.96. The van der Waals surface area contributed by atoms with E-state index >= 15 is 0 Å². The van der Waals surface area contributed by atoms with Crippen LogP contribution in [0.15, 0.2) is 30.3 Å². The quantitative estimate of drug-likeness (QED) is 0.595. The van der Waals surface area contributed by atoms with Crippen LogP contribution in [-0.4, -0.2) is 18.8 Å². The van der Waals surface area contributed by atoms with Crippen molar-refractivity contribution in [2.45, 2.75) is 12.3 Å². The van der Waals surface area contributed by atoms with E-state index in [2.05, 4.69) is 4.74 Å². The molecule has 0 radical (unpaired) electrons. The van der Waals surface area contributed by atoms with Gasteiger partial charge in [-0.1, -0.05) is 30.3 Å². The number of benzene rings is 1. The van der Waals surface area contributed by atoms with Gasteiger partial charge in [0.1, 0.15) is 6.67 Å². The van der Waals surface area contributed by atoms with Crippen LogP contribution in [0.5, 0.6) is 0 Å². The number of alkyl halides is 4. The van der Waals surface area contributed by atoms with Crippen molar-refractivity contribution in [3.05, 3.63) is 35.9 Å². The van der Waals surface area contributed by atoms with Gasteiger partial charge in [-0.2, -0.15) is 13.2 Å². The van der Waals surface area contributed by atoms with Crippen LogP contribution in [0.1, 0.15) is 11.7 Å². The lowest BCUT2D eigenvalue weighted by atomic mass is 10.1. The number of halogens is 4. The molecule has 1 aromatic carbocycles. The van der Waals surface area contributed by atoms with Crippen LogP contribution >= 0.6 is 0 Å². The molecule has 0 saturated carbocycles. The Labute approximate surface area is 88.8 Å². The summed E-state index contributed by atoms with van der Waals surface area (Å²) in [7, 11) is 0. The number of carbonyl (C=O) groups is 1. The molecule has 0 aliphatic carbocycles. The third-order valence-electron chi connectivity index (χ3n) is 1.79. The molecule has 6 heteroatoms. The summed E-state index contributed by atoms with van der Waals surface area (Å²) in [6.07, 6.45) is -6.63. The van der Waals surface area contributed by atoms with Crippen LogP contribution in [0.2, 0.25) is 0 Å². The van der Waals surface area contributed by atoms with Crippen LogP contribution in [0.25, 0.3) is 0 Å². The van der Waals surface area contributed by atoms with E-state index in [-0.39, 0.29) is 5.56 Å². The van der Waals surface area contributed by atoms with Gasteiger partial charge in [0.2, 0.25) is 0 Å². The minimum atomic E-state index is -5.11. The maximum Gasteiger partial charge on any atom is 0.490 e. The van der Waals surface area contributed by atoms with Gasteiger partial charge in [-0.05, 0) is 5.56 Å². The normalized spacial score (nSPS) is 13.2. The Morgan fingerprint density at radius 2 is 1.81 bits per heavy atom. The average molecular weight is 236 g/mol. The molecule has 16 heavy (non-hydrogen) atoms. The molecule has 0 amide bonds. The number of carbonyl (C=O) groups excluding carboxylic acids is 1. The third kappa shape index (κ3) is 3.22. The fourth-order valence-corrected chi connectivity index (χ4v) is 1.05. The molecule has 0 bridgehead atoms. The Bertz CT molecular complexity index is 348. The number of ether oxygens (including phenoxy) is 1. The summed E-state index contributed by atoms with van der Waals surface area (Å²) in [6.45, 7) is -1.20. The van der Waals surface area contributed by atoms with Gasteiger partial charge in [0.05, 0.1) is 0 Å². The Morgan fingerprint density at radius 1 is 1.25 bits per heavy atom. The highest BCUT2D eigenvalue weighted by Crippen LogP contribution is 2.24. The number of esters is 1. The SMILES string of the molecule is O=C(OC(CF)c1ccccc1)C(F)(F)F. The molecule has 0 saturated heterocycles. The van der Waals surface area contributed by atoms with E-state index in [0.29, 0.717) is 0 Å². The van der Waals surface area contributed by atoms with Crippen LogP contribution < -0.4 is 0 Å². The summed E-state index contributed by atoms with van der Waals surface area (Å²) in [5.41, 5.74) is 0.183. The lowest BCUT2D eigenvalue weighted by Gasteiger charge is -2.15. The Balaban J connectivity index is 2.75. The molecule has 2 nitrogen and oxygen atoms in total. The molecule has 0 fully saturated rings. The average Bonchev–Trinajstić information content (AvgIpc) is 2.25. The predicted molar refractivity (Wildman–Crippen MR) is 47.3 cm³/mol. The zero-order valence-electron chi connectivity index (χ0n) is 8.00. The third-order valence-corrected chi connectivity index (χ3v) is 1.79. The highest BCUT2D eigenvalue weighted by Gasteiger charge is 2.42. The first kappa shape index (κ1) is 12.5. The van der Waals surface area contributed by atoms with Gasteiger partial charge in [0, 0.05) is 0 Å². The van der Waals surface area contributed by atoms with Crippen LogP contribution in [0.3, 0.4) is 0 Å². The van der Waals surface area contributed by atoms with Crippen molar-refractivity contribution in [1.29, 1.82) is 0 Å². The molecule has 1 atom stereocenters. The molecule has 0 aliphatic rings. The summed E-state index contributed by atoms with van der Waals surface area (Å²) >= 11 is 0. The first-order valence-corrected chi connectivity index (χ1v) is 4.34. The van der Waals surface area contributed by atoms with E-state index in [9.17, 15) is 22.4 Å².